The van der Waals surface area contributed by atoms with Gasteiger partial charge >= 0.3 is 0 Å². The van der Waals surface area contributed by atoms with Gasteiger partial charge in [0.05, 0.1) is 10.9 Å². The third kappa shape index (κ3) is 1.94. The molecule has 2 heterocycles. The Hall–Kier alpha value is -1.72. The molecule has 2 atom stereocenters. The molecule has 2 nitrogen and oxygen atoms in total. The van der Waals surface area contributed by atoms with Crippen molar-refractivity contribution in [1.29, 1.82) is 0 Å². The van der Waals surface area contributed by atoms with Crippen LogP contribution in [0.5, 0.6) is 0 Å². The molecule has 1 aromatic carbocycles. The van der Waals surface area contributed by atoms with Crippen LogP contribution in [0.25, 0.3) is 0 Å². The normalized spacial score (nSPS) is 25.1. The first-order valence-electron chi connectivity index (χ1n) is 6.09. The third-order valence-corrected chi connectivity index (χ3v) is 4.55. The fourth-order valence-corrected chi connectivity index (χ4v) is 3.65. The fourth-order valence-electron chi connectivity index (χ4n) is 2.46. The maximum Gasteiger partial charge on any atom is 0.258 e. The van der Waals surface area contributed by atoms with E-state index in [-0.39, 0.29) is 11.9 Å². The number of hydrogen-bond acceptors (Lipinski definition) is 3. The van der Waals surface area contributed by atoms with Crippen molar-refractivity contribution in [2.24, 2.45) is 0 Å². The first-order chi connectivity index (χ1) is 9.66. The van der Waals surface area contributed by atoms with Gasteiger partial charge in [0.1, 0.15) is 5.82 Å². The van der Waals surface area contributed by atoms with Crippen LogP contribution in [0.15, 0.2) is 54.4 Å². The van der Waals surface area contributed by atoms with Crippen LogP contribution in [0.2, 0.25) is 0 Å². The molecular formula is C15H12FNOS2. The van der Waals surface area contributed by atoms with E-state index in [0.717, 1.165) is 10.4 Å². The smallest absolute Gasteiger partial charge is 0.258 e. The summed E-state index contributed by atoms with van der Waals surface area (Å²) in [5.41, 5.74) is 0.0688. The summed E-state index contributed by atoms with van der Waals surface area (Å²) in [4.78, 5) is 1.00. The molecule has 0 bridgehead atoms. The molecule has 1 fully saturated rings. The lowest BCUT2D eigenvalue weighted by Crippen LogP contribution is -2.40. The van der Waals surface area contributed by atoms with Crippen molar-refractivity contribution >= 4 is 28.7 Å². The van der Waals surface area contributed by atoms with E-state index in [2.05, 4.69) is 11.9 Å². The average Bonchev–Trinajstić information content (AvgIpc) is 3.07. The molecule has 0 saturated carbocycles. The average molecular weight is 305 g/mol. The molecule has 20 heavy (non-hydrogen) atoms. The van der Waals surface area contributed by atoms with E-state index in [1.54, 1.807) is 29.5 Å². The lowest BCUT2D eigenvalue weighted by molar-refractivity contribution is 0.126. The van der Waals surface area contributed by atoms with Gasteiger partial charge in [-0.2, -0.15) is 0 Å². The van der Waals surface area contributed by atoms with E-state index < -0.39 is 5.60 Å². The zero-order valence-electron chi connectivity index (χ0n) is 10.5. The highest BCUT2D eigenvalue weighted by Gasteiger charge is 2.50. The van der Waals surface area contributed by atoms with Gasteiger partial charge in [0.2, 0.25) is 0 Å². The van der Waals surface area contributed by atoms with Crippen LogP contribution in [0, 0.1) is 5.82 Å². The van der Waals surface area contributed by atoms with Crippen molar-refractivity contribution in [2.45, 2.75) is 11.6 Å². The Morgan fingerprint density at radius 3 is 2.70 bits per heavy atom. The summed E-state index contributed by atoms with van der Waals surface area (Å²) in [5.74, 6) is -0.279. The highest BCUT2D eigenvalue weighted by atomic mass is 32.1. The molecule has 0 radical (unpaired) electrons. The fraction of sp³-hybridized carbons (Fsp3) is 0.133. The molecule has 0 unspecified atom stereocenters. The summed E-state index contributed by atoms with van der Waals surface area (Å²) >= 11 is 6.73. The number of halogens is 1. The Bertz CT molecular complexity index is 638. The van der Waals surface area contributed by atoms with Gasteiger partial charge in [0.25, 0.3) is 5.17 Å². The van der Waals surface area contributed by atoms with E-state index in [4.69, 9.17) is 17.0 Å². The number of thiophene rings is 1. The van der Waals surface area contributed by atoms with Crippen molar-refractivity contribution in [2.75, 3.05) is 0 Å². The first kappa shape index (κ1) is 13.3. The van der Waals surface area contributed by atoms with Crippen molar-refractivity contribution in [1.82, 2.24) is 5.32 Å². The molecule has 3 rings (SSSR count). The topological polar surface area (TPSA) is 21.3 Å². The summed E-state index contributed by atoms with van der Waals surface area (Å²) in [6.45, 7) is 3.85. The maximum absolute atomic E-state index is 13.2. The zero-order valence-corrected chi connectivity index (χ0v) is 12.1. The van der Waals surface area contributed by atoms with Crippen molar-refractivity contribution < 1.29 is 9.13 Å². The molecule has 1 saturated heterocycles. The minimum atomic E-state index is -0.777. The molecule has 1 N–H and O–H groups in total. The Labute approximate surface area is 125 Å². The number of benzene rings is 1. The monoisotopic (exact) mass is 305 g/mol. The number of ether oxygens (including phenoxy) is 1. The van der Waals surface area contributed by atoms with Crippen molar-refractivity contribution in [3.63, 3.8) is 0 Å². The number of rotatable bonds is 3. The van der Waals surface area contributed by atoms with Crippen LogP contribution >= 0.6 is 23.6 Å². The van der Waals surface area contributed by atoms with Gasteiger partial charge in [-0.15, -0.1) is 17.9 Å². The lowest BCUT2D eigenvalue weighted by Gasteiger charge is -2.31. The zero-order chi connectivity index (χ0) is 14.2. The third-order valence-electron chi connectivity index (χ3n) is 3.36. The number of hydrogen-bond donors (Lipinski definition) is 1. The second-order valence-electron chi connectivity index (χ2n) is 4.47. The van der Waals surface area contributed by atoms with Gasteiger partial charge in [-0.3, -0.25) is 0 Å². The number of nitrogens with one attached hydrogen (secondary N) is 1. The predicted octanol–water partition coefficient (Wildman–Crippen LogP) is 3.59. The van der Waals surface area contributed by atoms with E-state index in [1.165, 1.54) is 12.1 Å². The minimum Gasteiger partial charge on any atom is -0.451 e. The largest absolute Gasteiger partial charge is 0.451 e. The first-order valence-corrected chi connectivity index (χ1v) is 7.37. The van der Waals surface area contributed by atoms with Crippen LogP contribution in [0.3, 0.4) is 0 Å². The molecule has 0 aliphatic carbocycles. The Kier molecular flexibility index (Phi) is 3.31. The molecule has 2 aromatic rings. The maximum atomic E-state index is 13.2. The van der Waals surface area contributed by atoms with Crippen LogP contribution in [-0.4, -0.2) is 11.2 Å². The van der Waals surface area contributed by atoms with Crippen molar-refractivity contribution in [3.05, 3.63) is 70.7 Å². The minimum absolute atomic E-state index is 0.195. The van der Waals surface area contributed by atoms with Crippen LogP contribution in [0.4, 0.5) is 4.39 Å². The molecule has 0 spiro atoms. The molecule has 5 heteroatoms. The van der Waals surface area contributed by atoms with Crippen LogP contribution in [-0.2, 0) is 10.3 Å². The lowest BCUT2D eigenvalue weighted by atomic mass is 9.85. The quantitative estimate of drug-likeness (QED) is 0.692. The molecule has 1 aromatic heterocycles. The standard InChI is InChI=1S/C15H12FNOS2/c1-2-12-15(18-14(19)17-12,13-4-3-9-20-13)10-5-7-11(16)8-6-10/h2-9,12H,1H2,(H,17,19)/t12-,15-/m0/s1. The van der Waals surface area contributed by atoms with Gasteiger partial charge in [-0.05, 0) is 35.8 Å². The van der Waals surface area contributed by atoms with E-state index in [9.17, 15) is 4.39 Å². The Balaban J connectivity index is 2.20. The van der Waals surface area contributed by atoms with Gasteiger partial charge in [-0.1, -0.05) is 24.3 Å². The summed E-state index contributed by atoms with van der Waals surface area (Å²) in [6, 6.07) is 10.0. The number of thiocarbonyl (C=S) groups is 1. The molecular weight excluding hydrogens is 293 g/mol. The van der Waals surface area contributed by atoms with E-state index in [1.807, 2.05) is 17.5 Å². The Morgan fingerprint density at radius 1 is 1.35 bits per heavy atom. The molecule has 0 amide bonds. The van der Waals surface area contributed by atoms with Gasteiger partial charge in [-0.25, -0.2) is 4.39 Å². The van der Waals surface area contributed by atoms with E-state index in [0.29, 0.717) is 5.17 Å². The molecule has 102 valence electrons. The van der Waals surface area contributed by atoms with E-state index >= 15 is 0 Å². The summed E-state index contributed by atoms with van der Waals surface area (Å²) < 4.78 is 19.2. The van der Waals surface area contributed by atoms with Gasteiger partial charge in [0, 0.05) is 5.56 Å². The second kappa shape index (κ2) is 5.00. The summed E-state index contributed by atoms with van der Waals surface area (Å²) in [7, 11) is 0. The summed E-state index contributed by atoms with van der Waals surface area (Å²) in [6.07, 6.45) is 1.77. The molecule has 1 aliphatic rings. The van der Waals surface area contributed by atoms with Gasteiger partial charge < -0.3 is 10.1 Å². The van der Waals surface area contributed by atoms with Crippen LogP contribution < -0.4 is 5.32 Å². The summed E-state index contributed by atoms with van der Waals surface area (Å²) in [5, 5.41) is 5.40. The SMILES string of the molecule is C=C[C@@H]1NC(=S)O[C@]1(c1ccc(F)cc1)c1cccs1. The Morgan fingerprint density at radius 2 is 2.10 bits per heavy atom. The highest BCUT2D eigenvalue weighted by Crippen LogP contribution is 2.43. The van der Waals surface area contributed by atoms with Crippen LogP contribution in [0.1, 0.15) is 10.4 Å². The molecule has 1 aliphatic heterocycles. The predicted molar refractivity (Wildman–Crippen MR) is 82.3 cm³/mol. The second-order valence-corrected chi connectivity index (χ2v) is 5.79. The highest BCUT2D eigenvalue weighted by molar-refractivity contribution is 7.80. The van der Waals surface area contributed by atoms with Gasteiger partial charge in [0.15, 0.2) is 5.60 Å². The van der Waals surface area contributed by atoms with Crippen molar-refractivity contribution in [3.8, 4) is 0 Å².